The van der Waals surface area contributed by atoms with Gasteiger partial charge in [-0.1, -0.05) is 59.7 Å². The molecule has 0 radical (unpaired) electrons. The number of imidazole rings is 1. The van der Waals surface area contributed by atoms with Crippen LogP contribution >= 0.6 is 0 Å². The number of carbonyl (C=O) groups is 1. The van der Waals surface area contributed by atoms with Crippen LogP contribution in [0.2, 0.25) is 0 Å². The molecule has 0 fully saturated rings. The highest BCUT2D eigenvalue weighted by molar-refractivity contribution is 6.06. The number of rotatable bonds is 3. The summed E-state index contributed by atoms with van der Waals surface area (Å²) in [7, 11) is 0. The maximum absolute atomic E-state index is 13.6. The Bertz CT molecular complexity index is 1330. The lowest BCUT2D eigenvalue weighted by Gasteiger charge is -2.31. The Morgan fingerprint density at radius 3 is 2.48 bits per heavy atom. The van der Waals surface area contributed by atoms with Gasteiger partial charge in [-0.05, 0) is 50.6 Å². The maximum Gasteiger partial charge on any atom is 0.255 e. The monoisotopic (exact) mass is 408 g/mol. The SMILES string of the molecule is CC1=C(C(=O)Nc2ccc(C)cc2)[C@@H](c2cccc(C)c2)n2c(nc3ccccc32)N1. The highest BCUT2D eigenvalue weighted by Gasteiger charge is 2.34. The summed E-state index contributed by atoms with van der Waals surface area (Å²) in [4.78, 5) is 18.3. The quantitative estimate of drug-likeness (QED) is 0.465. The molecule has 1 aromatic heterocycles. The van der Waals surface area contributed by atoms with E-state index in [2.05, 4.69) is 40.3 Å². The lowest BCUT2D eigenvalue weighted by Crippen LogP contribution is -2.31. The summed E-state index contributed by atoms with van der Waals surface area (Å²) in [5.74, 6) is 0.626. The summed E-state index contributed by atoms with van der Waals surface area (Å²) in [6, 6.07) is 23.9. The Morgan fingerprint density at radius 2 is 1.71 bits per heavy atom. The van der Waals surface area contributed by atoms with Crippen LogP contribution in [0.4, 0.5) is 11.6 Å². The Balaban J connectivity index is 1.66. The fourth-order valence-corrected chi connectivity index (χ4v) is 4.25. The topological polar surface area (TPSA) is 59.0 Å². The number of para-hydroxylation sites is 2. The van der Waals surface area contributed by atoms with E-state index in [1.807, 2.05) is 68.4 Å². The van der Waals surface area contributed by atoms with Crippen LogP contribution in [0, 0.1) is 13.8 Å². The van der Waals surface area contributed by atoms with Crippen molar-refractivity contribution in [2.45, 2.75) is 26.8 Å². The third-order valence-electron chi connectivity index (χ3n) is 5.74. The lowest BCUT2D eigenvalue weighted by molar-refractivity contribution is -0.113. The molecule has 5 rings (SSSR count). The Kier molecular flexibility index (Phi) is 4.59. The zero-order chi connectivity index (χ0) is 21.5. The molecule has 5 nitrogen and oxygen atoms in total. The number of anilines is 2. The Hall–Kier alpha value is -3.86. The highest BCUT2D eigenvalue weighted by atomic mass is 16.1. The van der Waals surface area contributed by atoms with E-state index in [4.69, 9.17) is 4.98 Å². The minimum absolute atomic E-state index is 0.121. The molecule has 2 N–H and O–H groups in total. The van der Waals surface area contributed by atoms with Gasteiger partial charge in [0.1, 0.15) is 0 Å². The van der Waals surface area contributed by atoms with Gasteiger partial charge >= 0.3 is 0 Å². The molecule has 31 heavy (non-hydrogen) atoms. The van der Waals surface area contributed by atoms with E-state index in [-0.39, 0.29) is 11.9 Å². The molecule has 2 heterocycles. The third-order valence-corrected chi connectivity index (χ3v) is 5.74. The second-order valence-corrected chi connectivity index (χ2v) is 8.09. The predicted octanol–water partition coefficient (Wildman–Crippen LogP) is 5.58. The number of aromatic nitrogens is 2. The van der Waals surface area contributed by atoms with Gasteiger partial charge in [-0.15, -0.1) is 0 Å². The van der Waals surface area contributed by atoms with E-state index in [1.165, 1.54) is 0 Å². The molecule has 0 unspecified atom stereocenters. The standard InChI is InChI=1S/C26H24N4O/c1-16-11-13-20(14-12-16)28-25(31)23-18(3)27-26-29-21-9-4-5-10-22(21)30(26)24(23)19-8-6-7-17(2)15-19/h4-15,24H,1-3H3,(H,27,29)(H,28,31)/t24-/m1/s1. The molecule has 5 heteroatoms. The number of allylic oxidation sites excluding steroid dienone is 1. The lowest BCUT2D eigenvalue weighted by atomic mass is 9.93. The van der Waals surface area contributed by atoms with Crippen molar-refractivity contribution < 1.29 is 4.79 Å². The smallest absolute Gasteiger partial charge is 0.255 e. The molecular formula is C26H24N4O. The number of fused-ring (bicyclic) bond motifs is 3. The molecule has 3 aromatic carbocycles. The molecule has 0 saturated carbocycles. The van der Waals surface area contributed by atoms with E-state index >= 15 is 0 Å². The number of amides is 1. The van der Waals surface area contributed by atoms with E-state index in [9.17, 15) is 4.79 Å². The van der Waals surface area contributed by atoms with Crippen LogP contribution in [0.15, 0.2) is 84.1 Å². The molecule has 0 spiro atoms. The van der Waals surface area contributed by atoms with Crippen LogP contribution in [0.3, 0.4) is 0 Å². The van der Waals surface area contributed by atoms with Crippen LogP contribution in [0.1, 0.15) is 29.7 Å². The van der Waals surface area contributed by atoms with Gasteiger partial charge < -0.3 is 10.6 Å². The summed E-state index contributed by atoms with van der Waals surface area (Å²) in [6.07, 6.45) is 0. The van der Waals surface area contributed by atoms with Crippen LogP contribution in [0.5, 0.6) is 0 Å². The number of hydrogen-bond donors (Lipinski definition) is 2. The van der Waals surface area contributed by atoms with Gasteiger partial charge in [-0.25, -0.2) is 4.98 Å². The van der Waals surface area contributed by atoms with Crippen molar-refractivity contribution in [1.29, 1.82) is 0 Å². The van der Waals surface area contributed by atoms with E-state index in [0.717, 1.165) is 45.1 Å². The summed E-state index contributed by atoms with van der Waals surface area (Å²) in [6.45, 7) is 6.04. The molecule has 0 saturated heterocycles. The molecule has 1 aliphatic heterocycles. The first kappa shape index (κ1) is 19.1. The predicted molar refractivity (Wildman–Crippen MR) is 125 cm³/mol. The summed E-state index contributed by atoms with van der Waals surface area (Å²) < 4.78 is 2.13. The van der Waals surface area contributed by atoms with E-state index in [1.54, 1.807) is 0 Å². The van der Waals surface area contributed by atoms with E-state index in [0.29, 0.717) is 5.57 Å². The fraction of sp³-hybridized carbons (Fsp3) is 0.154. The normalized spacial score (nSPS) is 15.5. The number of hydrogen-bond acceptors (Lipinski definition) is 3. The highest BCUT2D eigenvalue weighted by Crippen LogP contribution is 2.39. The van der Waals surface area contributed by atoms with Gasteiger partial charge in [-0.3, -0.25) is 9.36 Å². The van der Waals surface area contributed by atoms with Gasteiger partial charge in [0.05, 0.1) is 22.6 Å². The zero-order valence-electron chi connectivity index (χ0n) is 17.8. The van der Waals surface area contributed by atoms with Crippen LogP contribution < -0.4 is 10.6 Å². The Morgan fingerprint density at radius 1 is 0.935 bits per heavy atom. The number of nitrogens with zero attached hydrogens (tertiary/aromatic N) is 2. The Labute approximate surface area is 181 Å². The zero-order valence-corrected chi connectivity index (χ0v) is 17.8. The average molecular weight is 409 g/mol. The molecule has 1 aliphatic rings. The third kappa shape index (κ3) is 3.38. The average Bonchev–Trinajstić information content (AvgIpc) is 3.12. The summed E-state index contributed by atoms with van der Waals surface area (Å²) in [5, 5.41) is 6.44. The number of carbonyl (C=O) groups excluding carboxylic acids is 1. The first-order valence-electron chi connectivity index (χ1n) is 10.4. The van der Waals surface area contributed by atoms with Crippen molar-refractivity contribution in [3.8, 4) is 0 Å². The van der Waals surface area contributed by atoms with Crippen molar-refractivity contribution in [2.75, 3.05) is 10.6 Å². The summed E-state index contributed by atoms with van der Waals surface area (Å²) >= 11 is 0. The van der Waals surface area contributed by atoms with Gasteiger partial charge in [0.15, 0.2) is 0 Å². The number of nitrogens with one attached hydrogen (secondary N) is 2. The molecule has 1 amide bonds. The van der Waals surface area contributed by atoms with Crippen molar-refractivity contribution in [1.82, 2.24) is 9.55 Å². The minimum atomic E-state index is -0.283. The molecule has 1 atom stereocenters. The van der Waals surface area contributed by atoms with Crippen molar-refractivity contribution in [2.24, 2.45) is 0 Å². The van der Waals surface area contributed by atoms with Crippen LogP contribution in [-0.4, -0.2) is 15.5 Å². The van der Waals surface area contributed by atoms with Gasteiger partial charge in [-0.2, -0.15) is 0 Å². The second-order valence-electron chi connectivity index (χ2n) is 8.09. The fourth-order valence-electron chi connectivity index (χ4n) is 4.25. The van der Waals surface area contributed by atoms with Crippen LogP contribution in [0.25, 0.3) is 11.0 Å². The molecule has 4 aromatic rings. The number of aryl methyl sites for hydroxylation is 2. The van der Waals surface area contributed by atoms with Gasteiger partial charge in [0, 0.05) is 11.4 Å². The summed E-state index contributed by atoms with van der Waals surface area (Å²) in [5.41, 5.74) is 7.51. The second kappa shape index (κ2) is 7.43. The molecular weight excluding hydrogens is 384 g/mol. The van der Waals surface area contributed by atoms with Gasteiger partial charge in [0.2, 0.25) is 5.95 Å². The molecule has 0 bridgehead atoms. The first-order valence-corrected chi connectivity index (χ1v) is 10.4. The van der Waals surface area contributed by atoms with Crippen molar-refractivity contribution in [3.63, 3.8) is 0 Å². The maximum atomic E-state index is 13.6. The van der Waals surface area contributed by atoms with Gasteiger partial charge in [0.25, 0.3) is 5.91 Å². The molecule has 154 valence electrons. The number of benzene rings is 3. The first-order chi connectivity index (χ1) is 15.0. The minimum Gasteiger partial charge on any atom is -0.329 e. The van der Waals surface area contributed by atoms with Crippen molar-refractivity contribution >= 4 is 28.6 Å². The largest absolute Gasteiger partial charge is 0.329 e. The van der Waals surface area contributed by atoms with Crippen molar-refractivity contribution in [3.05, 3.63) is 101 Å². The van der Waals surface area contributed by atoms with E-state index < -0.39 is 0 Å². The van der Waals surface area contributed by atoms with Crippen LogP contribution in [-0.2, 0) is 4.79 Å². The molecule has 0 aliphatic carbocycles.